The molecule has 108 valence electrons. The molecule has 0 unspecified atom stereocenters. The Hall–Kier alpha value is -3.21. The monoisotopic (exact) mass is 291 g/mol. The van der Waals surface area contributed by atoms with Crippen LogP contribution in [0.1, 0.15) is 0 Å². The number of pyridine rings is 2. The minimum Gasteiger partial charge on any atom is -0.410 e. The molecule has 22 heavy (non-hydrogen) atoms. The first-order valence-corrected chi connectivity index (χ1v) is 6.72. The van der Waals surface area contributed by atoms with Gasteiger partial charge in [-0.25, -0.2) is 4.79 Å². The van der Waals surface area contributed by atoms with Gasteiger partial charge in [0.15, 0.2) is 0 Å². The van der Waals surface area contributed by atoms with Gasteiger partial charge in [-0.05, 0) is 36.4 Å². The minimum absolute atomic E-state index is 0.479. The third-order valence-electron chi connectivity index (χ3n) is 2.93. The number of hydrogen-bond acceptors (Lipinski definition) is 4. The molecule has 5 nitrogen and oxygen atoms in total. The molecule has 0 radical (unpaired) electrons. The summed E-state index contributed by atoms with van der Waals surface area (Å²) in [5.74, 6) is 0.479. The van der Waals surface area contributed by atoms with Gasteiger partial charge in [-0.15, -0.1) is 0 Å². The molecule has 1 amide bonds. The van der Waals surface area contributed by atoms with Gasteiger partial charge in [0.1, 0.15) is 5.75 Å². The van der Waals surface area contributed by atoms with Gasteiger partial charge in [0.2, 0.25) is 0 Å². The summed E-state index contributed by atoms with van der Waals surface area (Å²) in [7, 11) is 0. The summed E-state index contributed by atoms with van der Waals surface area (Å²) in [5.41, 5.74) is 2.02. The first-order valence-electron chi connectivity index (χ1n) is 6.72. The highest BCUT2D eigenvalue weighted by Crippen LogP contribution is 2.24. The summed E-state index contributed by atoms with van der Waals surface area (Å²) in [4.78, 5) is 20.4. The number of carbonyl (C=O) groups is 1. The predicted octanol–water partition coefficient (Wildman–Crippen LogP) is 3.75. The topological polar surface area (TPSA) is 64.1 Å². The van der Waals surface area contributed by atoms with E-state index in [-0.39, 0.29) is 0 Å². The van der Waals surface area contributed by atoms with Gasteiger partial charge in [0.05, 0.1) is 11.4 Å². The Bertz CT molecular complexity index is 761. The average molecular weight is 291 g/mol. The quantitative estimate of drug-likeness (QED) is 0.798. The number of amides is 1. The Labute approximate surface area is 127 Å². The molecule has 0 saturated heterocycles. The lowest BCUT2D eigenvalue weighted by Gasteiger charge is -2.10. The van der Waals surface area contributed by atoms with Crippen molar-refractivity contribution in [2.75, 3.05) is 5.32 Å². The van der Waals surface area contributed by atoms with Crippen LogP contribution in [0.5, 0.6) is 5.75 Å². The Kier molecular flexibility index (Phi) is 4.06. The fourth-order valence-electron chi connectivity index (χ4n) is 1.97. The smallest absolute Gasteiger partial charge is 0.410 e. The van der Waals surface area contributed by atoms with Crippen molar-refractivity contribution >= 4 is 11.8 Å². The second-order valence-corrected chi connectivity index (χ2v) is 4.47. The van der Waals surface area contributed by atoms with Gasteiger partial charge in [-0.1, -0.05) is 18.2 Å². The lowest BCUT2D eigenvalue weighted by Crippen LogP contribution is -2.17. The Morgan fingerprint density at radius 2 is 1.77 bits per heavy atom. The van der Waals surface area contributed by atoms with E-state index in [1.54, 1.807) is 55.0 Å². The fraction of sp³-hybridized carbons (Fsp3) is 0. The second kappa shape index (κ2) is 6.49. The largest absolute Gasteiger partial charge is 0.417 e. The van der Waals surface area contributed by atoms with E-state index in [0.717, 1.165) is 5.56 Å². The van der Waals surface area contributed by atoms with Crippen LogP contribution in [-0.2, 0) is 0 Å². The van der Waals surface area contributed by atoms with Crippen molar-refractivity contribution in [2.45, 2.75) is 0 Å². The normalized spacial score (nSPS) is 10.0. The molecule has 3 rings (SSSR count). The Morgan fingerprint density at radius 1 is 0.955 bits per heavy atom. The van der Waals surface area contributed by atoms with Crippen molar-refractivity contribution in [1.82, 2.24) is 9.97 Å². The van der Waals surface area contributed by atoms with Crippen molar-refractivity contribution < 1.29 is 9.53 Å². The maximum atomic E-state index is 12.0. The van der Waals surface area contributed by atoms with Crippen LogP contribution in [0.2, 0.25) is 0 Å². The van der Waals surface area contributed by atoms with Crippen molar-refractivity contribution in [2.24, 2.45) is 0 Å². The molecule has 2 heterocycles. The molecule has 0 aliphatic rings. The van der Waals surface area contributed by atoms with E-state index in [2.05, 4.69) is 15.3 Å². The molecule has 0 spiro atoms. The molecule has 0 saturated carbocycles. The predicted molar refractivity (Wildman–Crippen MR) is 83.6 cm³/mol. The van der Waals surface area contributed by atoms with Gasteiger partial charge in [0.25, 0.3) is 0 Å². The molecule has 0 aliphatic carbocycles. The molecule has 0 bridgehead atoms. The second-order valence-electron chi connectivity index (χ2n) is 4.47. The number of rotatable bonds is 3. The first-order chi connectivity index (χ1) is 10.8. The third-order valence-corrected chi connectivity index (χ3v) is 2.93. The number of ether oxygens (including phenoxy) is 1. The van der Waals surface area contributed by atoms with E-state index < -0.39 is 6.09 Å². The number of carbonyl (C=O) groups excluding carboxylic acids is 1. The van der Waals surface area contributed by atoms with Crippen LogP contribution in [0, 0.1) is 0 Å². The zero-order chi connectivity index (χ0) is 15.2. The molecule has 1 aromatic carbocycles. The summed E-state index contributed by atoms with van der Waals surface area (Å²) in [5, 5.41) is 2.71. The van der Waals surface area contributed by atoms with Crippen LogP contribution < -0.4 is 10.1 Å². The molecule has 2 aromatic heterocycles. The number of benzene rings is 1. The molecule has 3 aromatic rings. The van der Waals surface area contributed by atoms with E-state index >= 15 is 0 Å². The summed E-state index contributed by atoms with van der Waals surface area (Å²) in [6.07, 6.45) is 4.47. The average Bonchev–Trinajstić information content (AvgIpc) is 2.57. The number of nitrogens with zero attached hydrogens (tertiary/aromatic N) is 2. The summed E-state index contributed by atoms with van der Waals surface area (Å²) < 4.78 is 5.22. The van der Waals surface area contributed by atoms with Crippen LogP contribution >= 0.6 is 0 Å². The molecule has 0 atom stereocenters. The van der Waals surface area contributed by atoms with Crippen molar-refractivity contribution in [3.8, 4) is 17.0 Å². The third kappa shape index (κ3) is 3.27. The Balaban J connectivity index is 1.80. The molecular weight excluding hydrogens is 278 g/mol. The van der Waals surface area contributed by atoms with Gasteiger partial charge in [-0.3, -0.25) is 15.3 Å². The molecule has 5 heteroatoms. The fourth-order valence-corrected chi connectivity index (χ4v) is 1.97. The maximum Gasteiger partial charge on any atom is 0.417 e. The zero-order valence-electron chi connectivity index (χ0n) is 11.6. The highest BCUT2D eigenvalue weighted by atomic mass is 16.6. The standard InChI is InChI=1S/C17H13N3O2/c21-17(22-14-7-2-1-3-8-14)20-15-9-5-11-19-16(15)13-6-4-10-18-12-13/h1-12H,(H,20,21). The van der Waals surface area contributed by atoms with E-state index in [9.17, 15) is 4.79 Å². The van der Waals surface area contributed by atoms with E-state index in [0.29, 0.717) is 17.1 Å². The minimum atomic E-state index is -0.565. The van der Waals surface area contributed by atoms with Crippen LogP contribution in [0.25, 0.3) is 11.3 Å². The lowest BCUT2D eigenvalue weighted by molar-refractivity contribution is 0.215. The van der Waals surface area contributed by atoms with Crippen LogP contribution in [0.15, 0.2) is 73.2 Å². The maximum absolute atomic E-state index is 12.0. The van der Waals surface area contributed by atoms with E-state index in [4.69, 9.17) is 4.74 Å². The lowest BCUT2D eigenvalue weighted by atomic mass is 10.1. The number of aromatic nitrogens is 2. The summed E-state index contributed by atoms with van der Waals surface area (Å²) >= 11 is 0. The summed E-state index contributed by atoms with van der Waals surface area (Å²) in [6.45, 7) is 0. The number of nitrogens with one attached hydrogen (secondary N) is 1. The van der Waals surface area contributed by atoms with Crippen LogP contribution in [0.3, 0.4) is 0 Å². The van der Waals surface area contributed by atoms with Gasteiger partial charge >= 0.3 is 6.09 Å². The zero-order valence-corrected chi connectivity index (χ0v) is 11.6. The Morgan fingerprint density at radius 3 is 2.55 bits per heavy atom. The van der Waals surface area contributed by atoms with E-state index in [1.807, 2.05) is 18.2 Å². The SMILES string of the molecule is O=C(Nc1cccnc1-c1cccnc1)Oc1ccccc1. The van der Waals surface area contributed by atoms with Gasteiger partial charge in [-0.2, -0.15) is 0 Å². The first kappa shape index (κ1) is 13.8. The molecule has 0 aliphatic heterocycles. The van der Waals surface area contributed by atoms with Crippen molar-refractivity contribution in [3.63, 3.8) is 0 Å². The number of para-hydroxylation sites is 1. The molecule has 0 fully saturated rings. The van der Waals surface area contributed by atoms with Gasteiger partial charge < -0.3 is 4.74 Å². The summed E-state index contributed by atoms with van der Waals surface area (Å²) in [6, 6.07) is 16.1. The molecular formula is C17H13N3O2. The van der Waals surface area contributed by atoms with Gasteiger partial charge in [0, 0.05) is 24.2 Å². The number of anilines is 1. The highest BCUT2D eigenvalue weighted by molar-refractivity contribution is 5.91. The number of hydrogen-bond donors (Lipinski definition) is 1. The van der Waals surface area contributed by atoms with Crippen LogP contribution in [0.4, 0.5) is 10.5 Å². The highest BCUT2D eigenvalue weighted by Gasteiger charge is 2.11. The molecule has 1 N–H and O–H groups in total. The van der Waals surface area contributed by atoms with E-state index in [1.165, 1.54) is 0 Å². The van der Waals surface area contributed by atoms with Crippen molar-refractivity contribution in [3.05, 3.63) is 73.2 Å². The van der Waals surface area contributed by atoms with Crippen LogP contribution in [-0.4, -0.2) is 16.1 Å². The van der Waals surface area contributed by atoms with Crippen molar-refractivity contribution in [1.29, 1.82) is 0 Å².